The number of aliphatic hydroxyl groups is 1. The van der Waals surface area contributed by atoms with Crippen LogP contribution in [0.1, 0.15) is 12.6 Å². The largest absolute Gasteiger partial charge is 0.382 e. The van der Waals surface area contributed by atoms with E-state index in [1.165, 1.54) is 0 Å². The maximum Gasteiger partial charge on any atom is 0.118 e. The highest BCUT2D eigenvalue weighted by Crippen LogP contribution is 2.14. The minimum Gasteiger partial charge on any atom is -0.382 e. The summed E-state index contributed by atoms with van der Waals surface area (Å²) in [6, 6.07) is 0. The first-order chi connectivity index (χ1) is 5.67. The molecule has 0 aromatic carbocycles. The molecule has 0 aliphatic rings. The van der Waals surface area contributed by atoms with Crippen LogP contribution in [0.3, 0.4) is 0 Å². The van der Waals surface area contributed by atoms with E-state index < -0.39 is 5.60 Å². The Morgan fingerprint density at radius 3 is 2.83 bits per heavy atom. The molecule has 1 aromatic rings. The molecule has 0 spiro atoms. The van der Waals surface area contributed by atoms with E-state index in [-0.39, 0.29) is 0 Å². The monoisotopic (exact) mass is 167 g/mol. The molecule has 0 bridgehead atoms. The second-order valence-electron chi connectivity index (χ2n) is 2.89. The van der Waals surface area contributed by atoms with Crippen LogP contribution < -0.4 is 5.32 Å². The van der Waals surface area contributed by atoms with E-state index in [0.29, 0.717) is 12.2 Å². The van der Waals surface area contributed by atoms with Crippen LogP contribution in [0.4, 0.5) is 0 Å². The van der Waals surface area contributed by atoms with Gasteiger partial charge in [0.1, 0.15) is 5.60 Å². The first kappa shape index (κ1) is 9.09. The molecule has 4 heteroatoms. The van der Waals surface area contributed by atoms with Crippen molar-refractivity contribution in [2.24, 2.45) is 0 Å². The normalized spacial score (nSPS) is 15.6. The molecule has 1 heterocycles. The summed E-state index contributed by atoms with van der Waals surface area (Å²) in [6.07, 6.45) is 4.72. The summed E-state index contributed by atoms with van der Waals surface area (Å²) in [4.78, 5) is 7.90. The topological polar surface area (TPSA) is 58.0 Å². The molecular weight excluding hydrogens is 154 g/mol. The Labute approximate surface area is 71.7 Å². The van der Waals surface area contributed by atoms with Gasteiger partial charge in [-0.3, -0.25) is 9.97 Å². The third-order valence-electron chi connectivity index (χ3n) is 1.64. The molecule has 0 aliphatic heterocycles. The number of rotatable bonds is 3. The van der Waals surface area contributed by atoms with E-state index in [1.807, 2.05) is 0 Å². The zero-order valence-electron chi connectivity index (χ0n) is 7.28. The van der Waals surface area contributed by atoms with E-state index in [0.717, 1.165) is 0 Å². The Balaban J connectivity index is 2.82. The van der Waals surface area contributed by atoms with Crippen molar-refractivity contribution in [1.82, 2.24) is 15.3 Å². The number of nitrogens with one attached hydrogen (secondary N) is 1. The highest BCUT2D eigenvalue weighted by atomic mass is 16.3. The molecule has 0 saturated heterocycles. The number of aromatic nitrogens is 2. The second-order valence-corrected chi connectivity index (χ2v) is 2.89. The molecule has 0 radical (unpaired) electrons. The first-order valence-corrected chi connectivity index (χ1v) is 3.80. The fourth-order valence-corrected chi connectivity index (χ4v) is 1.01. The average Bonchev–Trinajstić information content (AvgIpc) is 2.06. The van der Waals surface area contributed by atoms with Gasteiger partial charge in [-0.1, -0.05) is 0 Å². The molecule has 0 amide bonds. The summed E-state index contributed by atoms with van der Waals surface area (Å²) >= 11 is 0. The lowest BCUT2D eigenvalue weighted by atomic mass is 10.0. The zero-order valence-corrected chi connectivity index (χ0v) is 7.28. The van der Waals surface area contributed by atoms with Crippen molar-refractivity contribution in [3.63, 3.8) is 0 Å². The Bertz CT molecular complexity index is 235. The molecular formula is C8H13N3O. The molecule has 1 aromatic heterocycles. The third-order valence-corrected chi connectivity index (χ3v) is 1.64. The molecule has 1 atom stereocenters. The van der Waals surface area contributed by atoms with Crippen LogP contribution in [0.15, 0.2) is 18.6 Å². The number of nitrogens with zero attached hydrogens (tertiary/aromatic N) is 2. The van der Waals surface area contributed by atoms with Gasteiger partial charge >= 0.3 is 0 Å². The summed E-state index contributed by atoms with van der Waals surface area (Å²) in [5.41, 5.74) is -0.359. The predicted octanol–water partition coefficient (Wildman–Crippen LogP) is -0.0965. The van der Waals surface area contributed by atoms with E-state index in [2.05, 4.69) is 15.3 Å². The number of likely N-dealkylation sites (N-methyl/N-ethyl adjacent to an activating group) is 1. The lowest BCUT2D eigenvalue weighted by Crippen LogP contribution is -2.34. The van der Waals surface area contributed by atoms with Crippen LogP contribution in [0.5, 0.6) is 0 Å². The van der Waals surface area contributed by atoms with Gasteiger partial charge in [-0.05, 0) is 14.0 Å². The minimum absolute atomic E-state index is 0.464. The number of hydrogen-bond donors (Lipinski definition) is 2. The van der Waals surface area contributed by atoms with Crippen LogP contribution in [0.2, 0.25) is 0 Å². The molecule has 2 N–H and O–H groups in total. The average molecular weight is 167 g/mol. The number of hydrogen-bond acceptors (Lipinski definition) is 4. The van der Waals surface area contributed by atoms with Crippen molar-refractivity contribution < 1.29 is 5.11 Å². The summed E-state index contributed by atoms with van der Waals surface area (Å²) in [5, 5.41) is 12.7. The Morgan fingerprint density at radius 2 is 2.33 bits per heavy atom. The molecule has 0 fully saturated rings. The fraction of sp³-hybridized carbons (Fsp3) is 0.500. The smallest absolute Gasteiger partial charge is 0.118 e. The quantitative estimate of drug-likeness (QED) is 0.660. The maximum atomic E-state index is 9.82. The highest BCUT2D eigenvalue weighted by molar-refractivity contribution is 5.06. The van der Waals surface area contributed by atoms with Crippen LogP contribution in [0.25, 0.3) is 0 Å². The van der Waals surface area contributed by atoms with Gasteiger partial charge in [0.05, 0.1) is 11.9 Å². The van der Waals surface area contributed by atoms with Gasteiger partial charge in [0.15, 0.2) is 0 Å². The van der Waals surface area contributed by atoms with Gasteiger partial charge in [-0.15, -0.1) is 0 Å². The predicted molar refractivity (Wildman–Crippen MR) is 45.5 cm³/mol. The van der Waals surface area contributed by atoms with Gasteiger partial charge in [-0.2, -0.15) is 0 Å². The lowest BCUT2D eigenvalue weighted by Gasteiger charge is -2.21. The summed E-state index contributed by atoms with van der Waals surface area (Å²) in [7, 11) is 1.78. The van der Waals surface area contributed by atoms with Crippen LogP contribution in [-0.4, -0.2) is 28.7 Å². The van der Waals surface area contributed by atoms with Gasteiger partial charge < -0.3 is 10.4 Å². The van der Waals surface area contributed by atoms with Crippen LogP contribution >= 0.6 is 0 Å². The van der Waals surface area contributed by atoms with Gasteiger partial charge in [0, 0.05) is 18.9 Å². The van der Waals surface area contributed by atoms with E-state index in [4.69, 9.17) is 0 Å². The first-order valence-electron chi connectivity index (χ1n) is 3.80. The van der Waals surface area contributed by atoms with E-state index >= 15 is 0 Å². The van der Waals surface area contributed by atoms with Crippen molar-refractivity contribution in [1.29, 1.82) is 0 Å². The molecule has 66 valence electrons. The molecule has 1 rings (SSSR count). The van der Waals surface area contributed by atoms with Crippen molar-refractivity contribution in [2.45, 2.75) is 12.5 Å². The molecule has 0 aliphatic carbocycles. The lowest BCUT2D eigenvalue weighted by molar-refractivity contribution is 0.0542. The Hall–Kier alpha value is -1.00. The third kappa shape index (κ3) is 1.99. The maximum absolute atomic E-state index is 9.82. The van der Waals surface area contributed by atoms with Crippen molar-refractivity contribution >= 4 is 0 Å². The van der Waals surface area contributed by atoms with Crippen molar-refractivity contribution in [2.75, 3.05) is 13.6 Å². The van der Waals surface area contributed by atoms with E-state index in [9.17, 15) is 5.11 Å². The highest BCUT2D eigenvalue weighted by Gasteiger charge is 2.23. The van der Waals surface area contributed by atoms with Gasteiger partial charge in [-0.25, -0.2) is 0 Å². The molecule has 12 heavy (non-hydrogen) atoms. The summed E-state index contributed by atoms with van der Waals surface area (Å²) in [5.74, 6) is 0. The fourth-order valence-electron chi connectivity index (χ4n) is 1.01. The molecule has 0 saturated carbocycles. The molecule has 4 nitrogen and oxygen atoms in total. The SMILES string of the molecule is CNCC(C)(O)c1cnccn1. The molecule has 1 unspecified atom stereocenters. The van der Waals surface area contributed by atoms with Crippen molar-refractivity contribution in [3.05, 3.63) is 24.3 Å². The van der Waals surface area contributed by atoms with E-state index in [1.54, 1.807) is 32.6 Å². The Morgan fingerprint density at radius 1 is 1.58 bits per heavy atom. The van der Waals surface area contributed by atoms with Crippen LogP contribution in [-0.2, 0) is 5.60 Å². The second kappa shape index (κ2) is 3.60. The minimum atomic E-state index is -0.941. The van der Waals surface area contributed by atoms with Gasteiger partial charge in [0.25, 0.3) is 0 Å². The van der Waals surface area contributed by atoms with Crippen molar-refractivity contribution in [3.8, 4) is 0 Å². The summed E-state index contributed by atoms with van der Waals surface area (Å²) in [6.45, 7) is 2.17. The Kier molecular flexibility index (Phi) is 2.73. The zero-order chi connectivity index (χ0) is 9.03. The standard InChI is InChI=1S/C8H13N3O/c1-8(12,6-9-2)7-5-10-3-4-11-7/h3-5,9,12H,6H2,1-2H3. The van der Waals surface area contributed by atoms with Gasteiger partial charge in [0.2, 0.25) is 0 Å². The summed E-state index contributed by atoms with van der Waals surface area (Å²) < 4.78 is 0. The van der Waals surface area contributed by atoms with Crippen LogP contribution in [0, 0.1) is 0 Å².